The summed E-state index contributed by atoms with van der Waals surface area (Å²) in [4.78, 5) is 0. The SMILES string of the molecule is CCCCC(CC)CNC1COCC1O. The molecule has 1 aliphatic rings. The molecule has 1 heterocycles. The molecule has 0 aromatic carbocycles. The van der Waals surface area contributed by atoms with E-state index in [-0.39, 0.29) is 12.1 Å². The van der Waals surface area contributed by atoms with Gasteiger partial charge < -0.3 is 15.2 Å². The molecule has 2 N–H and O–H groups in total. The quantitative estimate of drug-likeness (QED) is 0.677. The molecule has 1 fully saturated rings. The number of unbranched alkanes of at least 4 members (excludes halogenated alkanes) is 1. The van der Waals surface area contributed by atoms with Crippen LogP contribution in [0.3, 0.4) is 0 Å². The molecule has 3 atom stereocenters. The average molecular weight is 215 g/mol. The second-order valence-corrected chi connectivity index (χ2v) is 4.54. The Morgan fingerprint density at radius 3 is 2.73 bits per heavy atom. The van der Waals surface area contributed by atoms with E-state index in [2.05, 4.69) is 19.2 Å². The zero-order chi connectivity index (χ0) is 11.1. The first-order valence-electron chi connectivity index (χ1n) is 6.27. The minimum atomic E-state index is -0.311. The van der Waals surface area contributed by atoms with E-state index in [4.69, 9.17) is 4.74 Å². The molecule has 1 rings (SSSR count). The predicted molar refractivity (Wildman–Crippen MR) is 61.9 cm³/mol. The molecule has 3 unspecified atom stereocenters. The van der Waals surface area contributed by atoms with Crippen LogP contribution in [-0.2, 0) is 4.74 Å². The smallest absolute Gasteiger partial charge is 0.0948 e. The van der Waals surface area contributed by atoms with Crippen LogP contribution in [0.2, 0.25) is 0 Å². The first kappa shape index (κ1) is 12.9. The Kier molecular flexibility index (Phi) is 6.22. The summed E-state index contributed by atoms with van der Waals surface area (Å²) < 4.78 is 5.20. The number of aliphatic hydroxyl groups excluding tert-OH is 1. The maximum atomic E-state index is 9.56. The summed E-state index contributed by atoms with van der Waals surface area (Å²) in [6.07, 6.45) is 4.78. The molecule has 3 heteroatoms. The Labute approximate surface area is 93.2 Å². The molecule has 1 saturated heterocycles. The molecule has 0 bridgehead atoms. The van der Waals surface area contributed by atoms with Crippen LogP contribution in [0.4, 0.5) is 0 Å². The van der Waals surface area contributed by atoms with Crippen molar-refractivity contribution < 1.29 is 9.84 Å². The van der Waals surface area contributed by atoms with Crippen molar-refractivity contribution >= 4 is 0 Å². The van der Waals surface area contributed by atoms with Crippen molar-refractivity contribution in [3.63, 3.8) is 0 Å². The molecule has 0 amide bonds. The van der Waals surface area contributed by atoms with E-state index in [1.807, 2.05) is 0 Å². The molecule has 0 radical (unpaired) electrons. The normalized spacial score (nSPS) is 28.2. The topological polar surface area (TPSA) is 41.5 Å². The molecular weight excluding hydrogens is 190 g/mol. The van der Waals surface area contributed by atoms with Gasteiger partial charge in [0.1, 0.15) is 0 Å². The lowest BCUT2D eigenvalue weighted by atomic mass is 9.99. The fraction of sp³-hybridized carbons (Fsp3) is 1.00. The standard InChI is InChI=1S/C12H25NO2/c1-3-5-6-10(4-2)7-13-11-8-15-9-12(11)14/h10-14H,3-9H2,1-2H3. The molecule has 1 aliphatic heterocycles. The monoisotopic (exact) mass is 215 g/mol. The van der Waals surface area contributed by atoms with Crippen molar-refractivity contribution in [2.24, 2.45) is 5.92 Å². The molecule has 0 aromatic rings. The van der Waals surface area contributed by atoms with Crippen molar-refractivity contribution in [1.29, 1.82) is 0 Å². The van der Waals surface area contributed by atoms with Crippen LogP contribution in [0.15, 0.2) is 0 Å². The van der Waals surface area contributed by atoms with Gasteiger partial charge in [0.2, 0.25) is 0 Å². The van der Waals surface area contributed by atoms with Gasteiger partial charge in [0.05, 0.1) is 25.4 Å². The van der Waals surface area contributed by atoms with Crippen molar-refractivity contribution in [2.45, 2.75) is 51.7 Å². The van der Waals surface area contributed by atoms with Gasteiger partial charge in [0.25, 0.3) is 0 Å². The Hall–Kier alpha value is -0.120. The maximum Gasteiger partial charge on any atom is 0.0948 e. The lowest BCUT2D eigenvalue weighted by Gasteiger charge is -2.20. The molecule has 0 aromatic heterocycles. The van der Waals surface area contributed by atoms with E-state index in [1.54, 1.807) is 0 Å². The third-order valence-corrected chi connectivity index (χ3v) is 3.26. The fourth-order valence-electron chi connectivity index (χ4n) is 2.00. The van der Waals surface area contributed by atoms with Crippen LogP contribution < -0.4 is 5.32 Å². The van der Waals surface area contributed by atoms with Crippen LogP contribution in [0.1, 0.15) is 39.5 Å². The molecule has 15 heavy (non-hydrogen) atoms. The van der Waals surface area contributed by atoms with E-state index in [0.29, 0.717) is 13.2 Å². The highest BCUT2D eigenvalue weighted by molar-refractivity contribution is 4.81. The van der Waals surface area contributed by atoms with Gasteiger partial charge >= 0.3 is 0 Å². The van der Waals surface area contributed by atoms with E-state index in [1.165, 1.54) is 25.7 Å². The fourth-order valence-corrected chi connectivity index (χ4v) is 2.00. The van der Waals surface area contributed by atoms with E-state index in [9.17, 15) is 5.11 Å². The van der Waals surface area contributed by atoms with Gasteiger partial charge in [-0.15, -0.1) is 0 Å². The highest BCUT2D eigenvalue weighted by Gasteiger charge is 2.25. The number of aliphatic hydroxyl groups is 1. The van der Waals surface area contributed by atoms with E-state index in [0.717, 1.165) is 12.5 Å². The lowest BCUT2D eigenvalue weighted by Crippen LogP contribution is -2.41. The predicted octanol–water partition coefficient (Wildman–Crippen LogP) is 1.55. The first-order valence-corrected chi connectivity index (χ1v) is 6.27. The van der Waals surface area contributed by atoms with Gasteiger partial charge in [-0.2, -0.15) is 0 Å². The molecule has 90 valence electrons. The summed E-state index contributed by atoms with van der Waals surface area (Å²) in [5, 5.41) is 13.0. The van der Waals surface area contributed by atoms with Gasteiger partial charge in [0, 0.05) is 0 Å². The third kappa shape index (κ3) is 4.49. The van der Waals surface area contributed by atoms with Gasteiger partial charge in [-0.3, -0.25) is 0 Å². The number of nitrogens with one attached hydrogen (secondary N) is 1. The van der Waals surface area contributed by atoms with E-state index >= 15 is 0 Å². The molecule has 0 saturated carbocycles. The average Bonchev–Trinajstić information content (AvgIpc) is 2.65. The largest absolute Gasteiger partial charge is 0.389 e. The zero-order valence-corrected chi connectivity index (χ0v) is 10.0. The molecular formula is C12H25NO2. The summed E-state index contributed by atoms with van der Waals surface area (Å²) in [5.41, 5.74) is 0. The highest BCUT2D eigenvalue weighted by atomic mass is 16.5. The van der Waals surface area contributed by atoms with Crippen LogP contribution in [0.25, 0.3) is 0 Å². The van der Waals surface area contributed by atoms with Crippen LogP contribution in [0, 0.1) is 5.92 Å². The number of hydrogen-bond donors (Lipinski definition) is 2. The second kappa shape index (κ2) is 7.20. The Balaban J connectivity index is 2.15. The Morgan fingerprint density at radius 1 is 1.40 bits per heavy atom. The first-order chi connectivity index (χ1) is 7.27. The minimum absolute atomic E-state index is 0.153. The number of ether oxygens (including phenoxy) is 1. The van der Waals surface area contributed by atoms with Gasteiger partial charge in [0.15, 0.2) is 0 Å². The summed E-state index contributed by atoms with van der Waals surface area (Å²) in [7, 11) is 0. The van der Waals surface area contributed by atoms with Crippen LogP contribution in [0.5, 0.6) is 0 Å². The second-order valence-electron chi connectivity index (χ2n) is 4.54. The van der Waals surface area contributed by atoms with Gasteiger partial charge in [-0.05, 0) is 18.9 Å². The summed E-state index contributed by atoms with van der Waals surface area (Å²) in [6.45, 7) is 6.63. The van der Waals surface area contributed by atoms with Crippen molar-refractivity contribution in [3.8, 4) is 0 Å². The third-order valence-electron chi connectivity index (χ3n) is 3.26. The lowest BCUT2D eigenvalue weighted by molar-refractivity contribution is 0.122. The molecule has 0 aliphatic carbocycles. The summed E-state index contributed by atoms with van der Waals surface area (Å²) in [5.74, 6) is 0.748. The molecule has 0 spiro atoms. The maximum absolute atomic E-state index is 9.56. The Morgan fingerprint density at radius 2 is 2.20 bits per heavy atom. The van der Waals surface area contributed by atoms with Gasteiger partial charge in [-0.25, -0.2) is 0 Å². The number of hydrogen-bond acceptors (Lipinski definition) is 3. The summed E-state index contributed by atoms with van der Waals surface area (Å²) in [6, 6.07) is 0.153. The molecule has 3 nitrogen and oxygen atoms in total. The highest BCUT2D eigenvalue weighted by Crippen LogP contribution is 2.13. The Bertz CT molecular complexity index is 164. The summed E-state index contributed by atoms with van der Waals surface area (Å²) >= 11 is 0. The van der Waals surface area contributed by atoms with Crippen LogP contribution in [-0.4, -0.2) is 37.0 Å². The number of rotatable bonds is 7. The van der Waals surface area contributed by atoms with Crippen molar-refractivity contribution in [1.82, 2.24) is 5.32 Å². The van der Waals surface area contributed by atoms with Crippen LogP contribution >= 0.6 is 0 Å². The van der Waals surface area contributed by atoms with Gasteiger partial charge in [-0.1, -0.05) is 33.1 Å². The minimum Gasteiger partial charge on any atom is -0.389 e. The zero-order valence-electron chi connectivity index (χ0n) is 10.0. The van der Waals surface area contributed by atoms with Crippen molar-refractivity contribution in [3.05, 3.63) is 0 Å². The van der Waals surface area contributed by atoms with E-state index < -0.39 is 0 Å². The van der Waals surface area contributed by atoms with Crippen molar-refractivity contribution in [2.75, 3.05) is 19.8 Å².